The maximum Gasteiger partial charge on any atom is 0.237 e. The number of nitrogens with zero attached hydrogens (tertiary/aromatic N) is 1. The van der Waals surface area contributed by atoms with E-state index in [-0.39, 0.29) is 25.7 Å². The summed E-state index contributed by atoms with van der Waals surface area (Å²) in [5, 5.41) is 27.5. The summed E-state index contributed by atoms with van der Waals surface area (Å²) in [7, 11) is 0. The largest absolute Gasteiger partial charge is 0.394 e. The van der Waals surface area contributed by atoms with Gasteiger partial charge in [-0.2, -0.15) is 0 Å². The van der Waals surface area contributed by atoms with E-state index in [1.807, 2.05) is 12.1 Å². The molecular weight excluding hydrogens is 254 g/mol. The molecule has 0 aliphatic carbocycles. The number of hydrogen-bond donors (Lipinski definition) is 3. The monoisotopic (exact) mass is 269 g/mol. The van der Waals surface area contributed by atoms with Crippen LogP contribution in [0, 0.1) is 0 Å². The zero-order valence-corrected chi connectivity index (χ0v) is 10.6. The number of β-amino-alcohol motifs (C(OH)–C–C–N with tert-alkyl or cyclic N) is 1. The van der Waals surface area contributed by atoms with Crippen molar-refractivity contribution in [2.24, 2.45) is 0 Å². The third kappa shape index (κ3) is 2.67. The van der Waals surface area contributed by atoms with E-state index in [1.54, 1.807) is 6.07 Å². The van der Waals surface area contributed by atoms with Crippen LogP contribution in [-0.2, 0) is 11.4 Å². The minimum atomic E-state index is -0.956. The molecule has 1 amide bonds. The Morgan fingerprint density at radius 1 is 1.39 bits per heavy atom. The van der Waals surface area contributed by atoms with Gasteiger partial charge in [-0.05, 0) is 17.7 Å². The summed E-state index contributed by atoms with van der Waals surface area (Å²) in [6.07, 6.45) is -0.956. The summed E-state index contributed by atoms with van der Waals surface area (Å²) >= 11 is 1.44. The van der Waals surface area contributed by atoms with Gasteiger partial charge in [0.05, 0.1) is 37.3 Å². The number of aliphatic hydroxyl groups excluding tert-OH is 3. The smallest absolute Gasteiger partial charge is 0.237 e. The van der Waals surface area contributed by atoms with Crippen molar-refractivity contribution in [1.82, 2.24) is 0 Å². The minimum Gasteiger partial charge on any atom is -0.394 e. The predicted molar refractivity (Wildman–Crippen MR) is 68.5 cm³/mol. The number of hydrogen-bond acceptors (Lipinski definition) is 5. The number of anilines is 1. The highest BCUT2D eigenvalue weighted by Gasteiger charge is 2.26. The van der Waals surface area contributed by atoms with Crippen LogP contribution in [0.4, 0.5) is 5.69 Å². The number of benzene rings is 1. The predicted octanol–water partition coefficient (Wildman–Crippen LogP) is -0.0292. The Bertz CT molecular complexity index is 452. The van der Waals surface area contributed by atoms with Gasteiger partial charge in [-0.25, -0.2) is 0 Å². The molecule has 1 aliphatic heterocycles. The highest BCUT2D eigenvalue weighted by Crippen LogP contribution is 2.36. The lowest BCUT2D eigenvalue weighted by Gasteiger charge is -2.30. The van der Waals surface area contributed by atoms with Gasteiger partial charge in [0, 0.05) is 4.90 Å². The average Bonchev–Trinajstić information content (AvgIpc) is 2.41. The van der Waals surface area contributed by atoms with Gasteiger partial charge < -0.3 is 20.2 Å². The molecule has 1 aliphatic rings. The number of thioether (sulfide) groups is 1. The van der Waals surface area contributed by atoms with E-state index in [0.717, 1.165) is 4.90 Å². The first-order valence-corrected chi connectivity index (χ1v) is 6.60. The number of aliphatic hydroxyl groups is 3. The maximum atomic E-state index is 11.9. The quantitative estimate of drug-likeness (QED) is 0.715. The Kier molecular flexibility index (Phi) is 4.23. The number of carbonyl (C=O) groups excluding carboxylic acids is 1. The molecule has 1 aromatic rings. The van der Waals surface area contributed by atoms with Gasteiger partial charge >= 0.3 is 0 Å². The van der Waals surface area contributed by atoms with Gasteiger partial charge in [-0.3, -0.25) is 4.79 Å². The molecule has 0 saturated carbocycles. The lowest BCUT2D eigenvalue weighted by Crippen LogP contribution is -2.41. The van der Waals surface area contributed by atoms with Crippen molar-refractivity contribution < 1.29 is 20.1 Å². The summed E-state index contributed by atoms with van der Waals surface area (Å²) in [5.74, 6) is 0.221. The standard InChI is InChI=1S/C12H15NO4S/c14-5-8-1-2-11-10(3-8)13(4-9(16)6-15)12(17)7-18-11/h1-3,9,14-16H,4-7H2. The minimum absolute atomic E-state index is 0.0672. The van der Waals surface area contributed by atoms with Crippen LogP contribution in [0.5, 0.6) is 0 Å². The van der Waals surface area contributed by atoms with E-state index >= 15 is 0 Å². The molecule has 0 fully saturated rings. The highest BCUT2D eigenvalue weighted by molar-refractivity contribution is 8.00. The Labute approximate surface area is 109 Å². The zero-order valence-electron chi connectivity index (χ0n) is 9.74. The van der Waals surface area contributed by atoms with E-state index in [9.17, 15) is 9.90 Å². The van der Waals surface area contributed by atoms with Crippen LogP contribution < -0.4 is 4.90 Å². The van der Waals surface area contributed by atoms with E-state index in [4.69, 9.17) is 10.2 Å². The topological polar surface area (TPSA) is 81.0 Å². The van der Waals surface area contributed by atoms with Crippen molar-refractivity contribution in [3.8, 4) is 0 Å². The second-order valence-corrected chi connectivity index (χ2v) is 5.11. The summed E-state index contributed by atoms with van der Waals surface area (Å²) in [5.41, 5.74) is 1.41. The van der Waals surface area contributed by atoms with Gasteiger partial charge in [0.15, 0.2) is 0 Å². The third-order valence-corrected chi connectivity index (χ3v) is 3.80. The molecule has 3 N–H and O–H groups in total. The average molecular weight is 269 g/mol. The lowest BCUT2D eigenvalue weighted by molar-refractivity contribution is -0.116. The fourth-order valence-electron chi connectivity index (χ4n) is 1.81. The molecule has 1 unspecified atom stereocenters. The van der Waals surface area contributed by atoms with Gasteiger partial charge in [-0.15, -0.1) is 11.8 Å². The summed E-state index contributed by atoms with van der Waals surface area (Å²) in [6.45, 7) is -0.410. The third-order valence-electron chi connectivity index (χ3n) is 2.75. The van der Waals surface area contributed by atoms with E-state index < -0.39 is 6.10 Å². The SMILES string of the molecule is O=C1CSc2ccc(CO)cc2N1CC(O)CO. The second kappa shape index (κ2) is 5.71. The van der Waals surface area contributed by atoms with E-state index in [0.29, 0.717) is 17.0 Å². The zero-order chi connectivity index (χ0) is 13.1. The van der Waals surface area contributed by atoms with E-state index in [2.05, 4.69) is 0 Å². The van der Waals surface area contributed by atoms with Crippen LogP contribution in [0.1, 0.15) is 5.56 Å². The molecule has 5 nitrogen and oxygen atoms in total. The molecule has 6 heteroatoms. The molecule has 1 heterocycles. The number of rotatable bonds is 4. The fourth-order valence-corrected chi connectivity index (χ4v) is 2.73. The normalized spacial score (nSPS) is 16.6. The molecule has 1 atom stereocenters. The van der Waals surface area contributed by atoms with Crippen LogP contribution in [0.3, 0.4) is 0 Å². The van der Waals surface area contributed by atoms with Gasteiger partial charge in [0.25, 0.3) is 0 Å². The van der Waals surface area contributed by atoms with Crippen LogP contribution in [-0.4, -0.2) is 46.2 Å². The van der Waals surface area contributed by atoms with Crippen LogP contribution in [0.2, 0.25) is 0 Å². The Morgan fingerprint density at radius 3 is 2.83 bits per heavy atom. The molecule has 0 saturated heterocycles. The molecule has 18 heavy (non-hydrogen) atoms. The van der Waals surface area contributed by atoms with Gasteiger partial charge in [0.1, 0.15) is 0 Å². The highest BCUT2D eigenvalue weighted by atomic mass is 32.2. The van der Waals surface area contributed by atoms with Crippen molar-refractivity contribution in [2.45, 2.75) is 17.6 Å². The van der Waals surface area contributed by atoms with Crippen molar-refractivity contribution in [3.05, 3.63) is 23.8 Å². The van der Waals surface area contributed by atoms with Crippen LogP contribution in [0.25, 0.3) is 0 Å². The molecule has 0 bridgehead atoms. The molecule has 0 aromatic heterocycles. The van der Waals surface area contributed by atoms with Crippen LogP contribution in [0.15, 0.2) is 23.1 Å². The van der Waals surface area contributed by atoms with E-state index in [1.165, 1.54) is 16.7 Å². The first-order valence-electron chi connectivity index (χ1n) is 5.61. The fraction of sp³-hybridized carbons (Fsp3) is 0.417. The van der Waals surface area contributed by atoms with Crippen LogP contribution >= 0.6 is 11.8 Å². The molecule has 1 aromatic carbocycles. The Hall–Kier alpha value is -1.08. The Morgan fingerprint density at radius 2 is 2.17 bits per heavy atom. The second-order valence-electron chi connectivity index (χ2n) is 4.09. The molecular formula is C12H15NO4S. The first-order chi connectivity index (χ1) is 8.65. The molecule has 98 valence electrons. The molecule has 2 rings (SSSR count). The van der Waals surface area contributed by atoms with Crippen molar-refractivity contribution >= 4 is 23.4 Å². The van der Waals surface area contributed by atoms with Gasteiger partial charge in [-0.1, -0.05) is 6.07 Å². The maximum absolute atomic E-state index is 11.9. The lowest BCUT2D eigenvalue weighted by atomic mass is 10.1. The van der Waals surface area contributed by atoms with Crippen molar-refractivity contribution in [1.29, 1.82) is 0 Å². The Balaban J connectivity index is 2.32. The summed E-state index contributed by atoms with van der Waals surface area (Å²) in [6, 6.07) is 5.40. The molecule has 0 spiro atoms. The van der Waals surface area contributed by atoms with Gasteiger partial charge in [0.2, 0.25) is 5.91 Å². The number of amides is 1. The van der Waals surface area contributed by atoms with Crippen molar-refractivity contribution in [3.63, 3.8) is 0 Å². The summed E-state index contributed by atoms with van der Waals surface area (Å²) in [4.78, 5) is 14.3. The first kappa shape index (κ1) is 13.4. The number of carbonyl (C=O) groups is 1. The van der Waals surface area contributed by atoms with Crippen molar-refractivity contribution in [2.75, 3.05) is 23.8 Å². The molecule has 0 radical (unpaired) electrons. The summed E-state index contributed by atoms with van der Waals surface area (Å²) < 4.78 is 0. The number of fused-ring (bicyclic) bond motifs is 1.